The highest BCUT2D eigenvalue weighted by Gasteiger charge is 2.33. The summed E-state index contributed by atoms with van der Waals surface area (Å²) in [5, 5.41) is 0. The lowest BCUT2D eigenvalue weighted by Gasteiger charge is -2.28. The van der Waals surface area contributed by atoms with Crippen molar-refractivity contribution in [2.45, 2.75) is 39.8 Å². The standard InChI is InChI=1S/C14H22F3N3/c1-4-10(5-2)9-20(6-3)12-7-13(14(15,16)17)19-8-11(12)18/h7-8,10H,4-6,9,18H2,1-3H3. The van der Waals surface area contributed by atoms with Gasteiger partial charge in [-0.05, 0) is 18.9 Å². The summed E-state index contributed by atoms with van der Waals surface area (Å²) in [6.07, 6.45) is -1.38. The number of pyridine rings is 1. The number of aromatic nitrogens is 1. The summed E-state index contributed by atoms with van der Waals surface area (Å²) < 4.78 is 38.2. The van der Waals surface area contributed by atoms with E-state index in [1.54, 1.807) is 0 Å². The molecule has 0 aromatic carbocycles. The van der Waals surface area contributed by atoms with Crippen molar-refractivity contribution < 1.29 is 13.2 Å². The summed E-state index contributed by atoms with van der Waals surface area (Å²) in [7, 11) is 0. The third kappa shape index (κ3) is 4.02. The molecule has 1 aromatic rings. The molecule has 1 aromatic heterocycles. The normalized spacial score (nSPS) is 11.9. The maximum absolute atomic E-state index is 12.7. The number of nitrogen functional groups attached to an aromatic ring is 1. The zero-order chi connectivity index (χ0) is 15.3. The van der Waals surface area contributed by atoms with E-state index in [9.17, 15) is 13.2 Å². The van der Waals surface area contributed by atoms with Gasteiger partial charge in [-0.2, -0.15) is 13.2 Å². The molecule has 6 heteroatoms. The number of halogens is 3. The van der Waals surface area contributed by atoms with Crippen LogP contribution in [0.1, 0.15) is 39.3 Å². The molecular formula is C14H22F3N3. The van der Waals surface area contributed by atoms with Crippen molar-refractivity contribution in [3.63, 3.8) is 0 Å². The molecule has 0 unspecified atom stereocenters. The van der Waals surface area contributed by atoms with Gasteiger partial charge in [0.25, 0.3) is 0 Å². The quantitative estimate of drug-likeness (QED) is 0.862. The van der Waals surface area contributed by atoms with Crippen molar-refractivity contribution in [2.75, 3.05) is 23.7 Å². The maximum Gasteiger partial charge on any atom is 0.433 e. The van der Waals surface area contributed by atoms with E-state index >= 15 is 0 Å². The highest BCUT2D eigenvalue weighted by molar-refractivity contribution is 5.67. The second kappa shape index (κ2) is 6.81. The number of hydrogen-bond donors (Lipinski definition) is 1. The van der Waals surface area contributed by atoms with Crippen LogP contribution in [0.4, 0.5) is 24.5 Å². The first-order valence-electron chi connectivity index (χ1n) is 6.91. The fourth-order valence-corrected chi connectivity index (χ4v) is 2.14. The van der Waals surface area contributed by atoms with Crippen LogP contribution in [0.15, 0.2) is 12.3 Å². The van der Waals surface area contributed by atoms with Gasteiger partial charge in [0.2, 0.25) is 0 Å². The van der Waals surface area contributed by atoms with Gasteiger partial charge in [0.1, 0.15) is 5.69 Å². The SMILES string of the molecule is CCC(CC)CN(CC)c1cc(C(F)(F)F)ncc1N. The van der Waals surface area contributed by atoms with Gasteiger partial charge in [-0.3, -0.25) is 0 Å². The van der Waals surface area contributed by atoms with Crippen LogP contribution in [0.2, 0.25) is 0 Å². The Morgan fingerprint density at radius 1 is 1.25 bits per heavy atom. The Hall–Kier alpha value is -1.46. The Labute approximate surface area is 118 Å². The number of rotatable bonds is 6. The van der Waals surface area contributed by atoms with Gasteiger partial charge >= 0.3 is 6.18 Å². The van der Waals surface area contributed by atoms with E-state index in [0.717, 1.165) is 25.1 Å². The molecule has 0 amide bonds. The van der Waals surface area contributed by atoms with Crippen LogP contribution in [0.3, 0.4) is 0 Å². The summed E-state index contributed by atoms with van der Waals surface area (Å²) in [5.74, 6) is 0.442. The number of nitrogens with zero attached hydrogens (tertiary/aromatic N) is 2. The number of hydrogen-bond acceptors (Lipinski definition) is 3. The Morgan fingerprint density at radius 3 is 2.30 bits per heavy atom. The highest BCUT2D eigenvalue weighted by atomic mass is 19.4. The molecular weight excluding hydrogens is 267 g/mol. The second-order valence-electron chi connectivity index (χ2n) is 4.85. The number of nitrogens with two attached hydrogens (primary N) is 1. The molecule has 3 nitrogen and oxygen atoms in total. The minimum atomic E-state index is -4.45. The van der Waals surface area contributed by atoms with Crippen molar-refractivity contribution in [3.05, 3.63) is 18.0 Å². The fourth-order valence-electron chi connectivity index (χ4n) is 2.14. The van der Waals surface area contributed by atoms with Crippen molar-refractivity contribution in [1.82, 2.24) is 4.98 Å². The lowest BCUT2D eigenvalue weighted by atomic mass is 10.0. The topological polar surface area (TPSA) is 42.2 Å². The van der Waals surface area contributed by atoms with Gasteiger partial charge in [-0.25, -0.2) is 4.98 Å². The number of alkyl halides is 3. The van der Waals surface area contributed by atoms with Crippen LogP contribution < -0.4 is 10.6 Å². The van der Waals surface area contributed by atoms with E-state index < -0.39 is 11.9 Å². The molecule has 114 valence electrons. The van der Waals surface area contributed by atoms with E-state index in [2.05, 4.69) is 18.8 Å². The predicted octanol–water partition coefficient (Wildman–Crippen LogP) is 3.95. The molecule has 0 atom stereocenters. The summed E-state index contributed by atoms with van der Waals surface area (Å²) in [6.45, 7) is 7.39. The largest absolute Gasteiger partial charge is 0.433 e. The zero-order valence-corrected chi connectivity index (χ0v) is 12.2. The van der Waals surface area contributed by atoms with E-state index in [4.69, 9.17) is 5.73 Å². The van der Waals surface area contributed by atoms with Crippen LogP contribution in [0.5, 0.6) is 0 Å². The molecule has 0 aliphatic heterocycles. The van der Waals surface area contributed by atoms with Crippen LogP contribution >= 0.6 is 0 Å². The summed E-state index contributed by atoms with van der Waals surface area (Å²) in [4.78, 5) is 5.26. The first-order chi connectivity index (χ1) is 9.33. The summed E-state index contributed by atoms with van der Waals surface area (Å²) in [6, 6.07) is 1.04. The van der Waals surface area contributed by atoms with Gasteiger partial charge in [0.15, 0.2) is 0 Å². The predicted molar refractivity (Wildman–Crippen MR) is 75.6 cm³/mol. The summed E-state index contributed by atoms with van der Waals surface area (Å²) in [5.41, 5.74) is 5.60. The first-order valence-corrected chi connectivity index (χ1v) is 6.91. The van der Waals surface area contributed by atoms with Crippen LogP contribution in [-0.4, -0.2) is 18.1 Å². The Kier molecular flexibility index (Phi) is 5.65. The van der Waals surface area contributed by atoms with E-state index in [1.807, 2.05) is 11.8 Å². The average Bonchev–Trinajstić information content (AvgIpc) is 2.40. The molecule has 1 heterocycles. The first kappa shape index (κ1) is 16.6. The van der Waals surface area contributed by atoms with Gasteiger partial charge < -0.3 is 10.6 Å². The van der Waals surface area contributed by atoms with Crippen LogP contribution in [-0.2, 0) is 6.18 Å². The molecule has 0 spiro atoms. The van der Waals surface area contributed by atoms with Crippen molar-refractivity contribution in [3.8, 4) is 0 Å². The molecule has 0 bridgehead atoms. The number of anilines is 2. The average molecular weight is 289 g/mol. The summed E-state index contributed by atoms with van der Waals surface area (Å²) >= 11 is 0. The molecule has 0 aliphatic rings. The smallest absolute Gasteiger partial charge is 0.396 e. The van der Waals surface area contributed by atoms with E-state index in [0.29, 0.717) is 24.7 Å². The van der Waals surface area contributed by atoms with Crippen molar-refractivity contribution in [1.29, 1.82) is 0 Å². The lowest BCUT2D eigenvalue weighted by Crippen LogP contribution is -2.30. The molecule has 0 aliphatic carbocycles. The highest BCUT2D eigenvalue weighted by Crippen LogP contribution is 2.33. The van der Waals surface area contributed by atoms with Gasteiger partial charge in [-0.15, -0.1) is 0 Å². The van der Waals surface area contributed by atoms with E-state index in [-0.39, 0.29) is 5.69 Å². The molecule has 2 N–H and O–H groups in total. The monoisotopic (exact) mass is 289 g/mol. The third-order valence-corrected chi connectivity index (χ3v) is 3.56. The Morgan fingerprint density at radius 2 is 1.85 bits per heavy atom. The van der Waals surface area contributed by atoms with Crippen molar-refractivity contribution in [2.24, 2.45) is 5.92 Å². The Bertz CT molecular complexity index is 428. The third-order valence-electron chi connectivity index (χ3n) is 3.56. The maximum atomic E-state index is 12.7. The van der Waals surface area contributed by atoms with Gasteiger partial charge in [0, 0.05) is 13.1 Å². The minimum Gasteiger partial charge on any atom is -0.396 e. The second-order valence-corrected chi connectivity index (χ2v) is 4.85. The molecule has 20 heavy (non-hydrogen) atoms. The van der Waals surface area contributed by atoms with E-state index in [1.165, 1.54) is 0 Å². The lowest BCUT2D eigenvalue weighted by molar-refractivity contribution is -0.141. The Balaban J connectivity index is 3.08. The van der Waals surface area contributed by atoms with Crippen LogP contribution in [0.25, 0.3) is 0 Å². The molecule has 0 fully saturated rings. The molecule has 0 saturated heterocycles. The molecule has 0 radical (unpaired) electrons. The van der Waals surface area contributed by atoms with Gasteiger partial charge in [-0.1, -0.05) is 26.7 Å². The van der Waals surface area contributed by atoms with Crippen molar-refractivity contribution >= 4 is 11.4 Å². The van der Waals surface area contributed by atoms with Crippen LogP contribution in [0, 0.1) is 5.92 Å². The minimum absolute atomic E-state index is 0.283. The molecule has 0 saturated carbocycles. The zero-order valence-electron chi connectivity index (χ0n) is 12.2. The van der Waals surface area contributed by atoms with Gasteiger partial charge in [0.05, 0.1) is 17.6 Å². The molecule has 1 rings (SSSR count). The fraction of sp³-hybridized carbons (Fsp3) is 0.643.